The van der Waals surface area contributed by atoms with Crippen molar-refractivity contribution >= 4 is 32.4 Å². The van der Waals surface area contributed by atoms with Crippen LogP contribution >= 0.6 is 0 Å². The summed E-state index contributed by atoms with van der Waals surface area (Å²) in [5.41, 5.74) is 1.12. The number of nitrogens with zero attached hydrogens (tertiary/aromatic N) is 1. The van der Waals surface area contributed by atoms with Crippen LogP contribution in [-0.4, -0.2) is 31.2 Å². The molecule has 1 N–H and O–H groups in total. The van der Waals surface area contributed by atoms with Crippen molar-refractivity contribution in [3.05, 3.63) is 72.3 Å². The first-order valence-electron chi connectivity index (χ1n) is 9.87. The molecular weight excluding hydrogens is 384 g/mol. The summed E-state index contributed by atoms with van der Waals surface area (Å²) < 4.78 is 27.4. The topological polar surface area (TPSA) is 66.5 Å². The lowest BCUT2D eigenvalue weighted by Crippen LogP contribution is -2.41. The maximum absolute atomic E-state index is 12.9. The molecule has 1 aliphatic rings. The molecule has 29 heavy (non-hydrogen) atoms. The summed E-state index contributed by atoms with van der Waals surface area (Å²) in [7, 11) is -3.54. The van der Waals surface area contributed by atoms with Crippen LogP contribution in [0.4, 0.5) is 5.69 Å². The molecule has 6 heteroatoms. The quantitative estimate of drug-likeness (QED) is 0.683. The molecule has 0 spiro atoms. The van der Waals surface area contributed by atoms with Gasteiger partial charge in [0.2, 0.25) is 10.0 Å². The molecule has 1 unspecified atom stereocenters. The average Bonchev–Trinajstić information content (AvgIpc) is 2.74. The van der Waals surface area contributed by atoms with Crippen molar-refractivity contribution < 1.29 is 13.2 Å². The SMILES string of the molecule is CC1CCCCN1S(=O)(=O)c1ccc(C(=O)Nc2ccc3ccccc3c2)cc1. The molecule has 150 valence electrons. The highest BCUT2D eigenvalue weighted by Gasteiger charge is 2.30. The number of piperidine rings is 1. The van der Waals surface area contributed by atoms with Gasteiger partial charge in [0.25, 0.3) is 5.91 Å². The van der Waals surface area contributed by atoms with E-state index in [4.69, 9.17) is 0 Å². The summed E-state index contributed by atoms with van der Waals surface area (Å²) >= 11 is 0. The number of anilines is 1. The van der Waals surface area contributed by atoms with Crippen molar-refractivity contribution in [2.75, 3.05) is 11.9 Å². The van der Waals surface area contributed by atoms with Gasteiger partial charge in [-0.3, -0.25) is 4.79 Å². The van der Waals surface area contributed by atoms with Gasteiger partial charge < -0.3 is 5.32 Å². The van der Waals surface area contributed by atoms with E-state index in [0.29, 0.717) is 17.8 Å². The van der Waals surface area contributed by atoms with E-state index in [1.165, 1.54) is 12.1 Å². The summed E-state index contributed by atoms with van der Waals surface area (Å²) in [5, 5.41) is 5.03. The Morgan fingerprint density at radius 3 is 2.41 bits per heavy atom. The highest BCUT2D eigenvalue weighted by atomic mass is 32.2. The van der Waals surface area contributed by atoms with Crippen molar-refractivity contribution in [3.8, 4) is 0 Å². The van der Waals surface area contributed by atoms with E-state index in [1.807, 2.05) is 49.4 Å². The van der Waals surface area contributed by atoms with Crippen molar-refractivity contribution in [3.63, 3.8) is 0 Å². The number of amides is 1. The number of sulfonamides is 1. The van der Waals surface area contributed by atoms with Crippen LogP contribution in [0.5, 0.6) is 0 Å². The van der Waals surface area contributed by atoms with Crippen molar-refractivity contribution in [1.29, 1.82) is 0 Å². The first-order valence-corrected chi connectivity index (χ1v) is 11.3. The molecule has 1 saturated heterocycles. The van der Waals surface area contributed by atoms with E-state index in [1.54, 1.807) is 16.4 Å². The lowest BCUT2D eigenvalue weighted by Gasteiger charge is -2.32. The number of hydrogen-bond acceptors (Lipinski definition) is 3. The van der Waals surface area contributed by atoms with Crippen LogP contribution in [0.1, 0.15) is 36.5 Å². The molecule has 1 atom stereocenters. The van der Waals surface area contributed by atoms with E-state index < -0.39 is 10.0 Å². The van der Waals surface area contributed by atoms with Crippen LogP contribution in [0.2, 0.25) is 0 Å². The third-order valence-corrected chi connectivity index (χ3v) is 7.50. The third-order valence-electron chi connectivity index (χ3n) is 5.47. The predicted molar refractivity (Wildman–Crippen MR) is 116 cm³/mol. The maximum atomic E-state index is 12.9. The molecule has 3 aromatic carbocycles. The number of nitrogens with one attached hydrogen (secondary N) is 1. The van der Waals surface area contributed by atoms with Crippen LogP contribution in [0.25, 0.3) is 10.8 Å². The second-order valence-electron chi connectivity index (χ2n) is 7.50. The largest absolute Gasteiger partial charge is 0.322 e. The molecule has 1 aliphatic heterocycles. The monoisotopic (exact) mass is 408 g/mol. The van der Waals surface area contributed by atoms with Gasteiger partial charge in [-0.1, -0.05) is 36.8 Å². The Kier molecular flexibility index (Phi) is 5.39. The third kappa shape index (κ3) is 4.04. The maximum Gasteiger partial charge on any atom is 0.255 e. The number of fused-ring (bicyclic) bond motifs is 1. The van der Waals surface area contributed by atoms with E-state index >= 15 is 0 Å². The number of carbonyl (C=O) groups excluding carboxylic acids is 1. The highest BCUT2D eigenvalue weighted by molar-refractivity contribution is 7.89. The van der Waals surface area contributed by atoms with Crippen LogP contribution in [0.3, 0.4) is 0 Å². The van der Waals surface area contributed by atoms with Gasteiger partial charge in [0.05, 0.1) is 4.90 Å². The smallest absolute Gasteiger partial charge is 0.255 e. The van der Waals surface area contributed by atoms with Gasteiger partial charge in [-0.25, -0.2) is 8.42 Å². The number of carbonyl (C=O) groups is 1. The summed E-state index contributed by atoms with van der Waals surface area (Å²) in [6.07, 6.45) is 2.82. The minimum Gasteiger partial charge on any atom is -0.322 e. The Morgan fingerprint density at radius 2 is 1.69 bits per heavy atom. The molecule has 0 aliphatic carbocycles. The predicted octanol–water partition coefficient (Wildman–Crippen LogP) is 4.66. The fraction of sp³-hybridized carbons (Fsp3) is 0.261. The first kappa shape index (κ1) is 19.6. The molecule has 0 aromatic heterocycles. The van der Waals surface area contributed by atoms with Gasteiger partial charge in [-0.2, -0.15) is 4.31 Å². The lowest BCUT2D eigenvalue weighted by molar-refractivity contribution is 0.102. The molecule has 1 heterocycles. The summed E-state index contributed by atoms with van der Waals surface area (Å²) in [6.45, 7) is 2.50. The number of rotatable bonds is 4. The molecule has 1 amide bonds. The highest BCUT2D eigenvalue weighted by Crippen LogP contribution is 2.25. The summed E-state index contributed by atoms with van der Waals surface area (Å²) in [4.78, 5) is 12.8. The zero-order valence-electron chi connectivity index (χ0n) is 16.3. The fourth-order valence-electron chi connectivity index (χ4n) is 3.81. The Labute approximate surface area is 171 Å². The normalized spacial score (nSPS) is 17.9. The summed E-state index contributed by atoms with van der Waals surface area (Å²) in [6, 6.07) is 19.9. The van der Waals surface area contributed by atoms with Crippen molar-refractivity contribution in [2.45, 2.75) is 37.1 Å². The molecule has 0 saturated carbocycles. The van der Waals surface area contributed by atoms with Crippen LogP contribution < -0.4 is 5.32 Å². The Hall–Kier alpha value is -2.70. The zero-order chi connectivity index (χ0) is 20.4. The summed E-state index contributed by atoms with van der Waals surface area (Å²) in [5.74, 6) is -0.268. The molecule has 4 rings (SSSR count). The van der Waals surface area contributed by atoms with Crippen LogP contribution in [0.15, 0.2) is 71.6 Å². The minimum absolute atomic E-state index is 0.00429. The second-order valence-corrected chi connectivity index (χ2v) is 9.39. The Morgan fingerprint density at radius 1 is 0.966 bits per heavy atom. The molecule has 0 bridgehead atoms. The van der Waals surface area contributed by atoms with E-state index in [0.717, 1.165) is 30.0 Å². The van der Waals surface area contributed by atoms with Gasteiger partial charge in [0.1, 0.15) is 0 Å². The van der Waals surface area contributed by atoms with Crippen LogP contribution in [0, 0.1) is 0 Å². The Bertz CT molecular complexity index is 1140. The van der Waals surface area contributed by atoms with Gasteiger partial charge in [-0.05, 0) is 66.9 Å². The van der Waals surface area contributed by atoms with Gasteiger partial charge in [0, 0.05) is 23.8 Å². The van der Waals surface area contributed by atoms with E-state index in [2.05, 4.69) is 5.32 Å². The zero-order valence-corrected chi connectivity index (χ0v) is 17.2. The van der Waals surface area contributed by atoms with Gasteiger partial charge in [-0.15, -0.1) is 0 Å². The Balaban J connectivity index is 1.51. The van der Waals surface area contributed by atoms with Gasteiger partial charge >= 0.3 is 0 Å². The standard InChI is InChI=1S/C23H24N2O3S/c1-17-6-4-5-15-25(17)29(27,28)22-13-10-19(11-14-22)23(26)24-21-12-9-18-7-2-3-8-20(18)16-21/h2-3,7-14,16-17H,4-6,15H2,1H3,(H,24,26). The number of benzene rings is 3. The number of hydrogen-bond donors (Lipinski definition) is 1. The van der Waals surface area contributed by atoms with Crippen molar-refractivity contribution in [2.24, 2.45) is 0 Å². The van der Waals surface area contributed by atoms with Crippen LogP contribution in [-0.2, 0) is 10.0 Å². The molecule has 1 fully saturated rings. The van der Waals surface area contributed by atoms with E-state index in [-0.39, 0.29) is 16.8 Å². The van der Waals surface area contributed by atoms with Crippen molar-refractivity contribution in [1.82, 2.24) is 4.31 Å². The molecule has 5 nitrogen and oxygen atoms in total. The molecular formula is C23H24N2O3S. The lowest BCUT2D eigenvalue weighted by atomic mass is 10.1. The first-order chi connectivity index (χ1) is 13.9. The van der Waals surface area contributed by atoms with Gasteiger partial charge in [0.15, 0.2) is 0 Å². The fourth-order valence-corrected chi connectivity index (χ4v) is 5.51. The second kappa shape index (κ2) is 7.97. The molecule has 0 radical (unpaired) electrons. The average molecular weight is 409 g/mol. The van der Waals surface area contributed by atoms with E-state index in [9.17, 15) is 13.2 Å². The minimum atomic E-state index is -3.54. The molecule has 3 aromatic rings.